The van der Waals surface area contributed by atoms with E-state index in [1.54, 1.807) is 4.90 Å². The largest absolute Gasteiger partial charge is 0.296 e. The van der Waals surface area contributed by atoms with Gasteiger partial charge in [-0.05, 0) is 24.6 Å². The summed E-state index contributed by atoms with van der Waals surface area (Å²) in [7, 11) is 1.96. The van der Waals surface area contributed by atoms with Gasteiger partial charge in [-0.25, -0.2) is 4.98 Å². The molecule has 0 unspecified atom stereocenters. The average molecular weight is 233 g/mol. The van der Waals surface area contributed by atoms with Gasteiger partial charge in [-0.3, -0.25) is 14.6 Å². The molecule has 0 spiro atoms. The lowest BCUT2D eigenvalue weighted by Gasteiger charge is -2.31. The minimum absolute atomic E-state index is 0.128. The molecule has 1 saturated heterocycles. The molecule has 4 heteroatoms. The Hall–Kier alpha value is -1.42. The number of piperazine rings is 1. The van der Waals surface area contributed by atoms with Crippen molar-refractivity contribution in [3.63, 3.8) is 0 Å². The summed E-state index contributed by atoms with van der Waals surface area (Å²) in [5, 5.41) is 0. The second-order valence-electron chi connectivity index (χ2n) is 4.89. The van der Waals surface area contributed by atoms with Crippen LogP contribution in [0.5, 0.6) is 0 Å². The van der Waals surface area contributed by atoms with Crippen LogP contribution in [0.2, 0.25) is 0 Å². The van der Waals surface area contributed by atoms with Crippen molar-refractivity contribution >= 4 is 11.7 Å². The molecule has 2 heterocycles. The fourth-order valence-corrected chi connectivity index (χ4v) is 1.93. The highest BCUT2D eigenvalue weighted by Gasteiger charge is 2.23. The molecule has 1 aromatic rings. The summed E-state index contributed by atoms with van der Waals surface area (Å²) < 4.78 is 0. The Kier molecular flexibility index (Phi) is 3.43. The first-order valence-electron chi connectivity index (χ1n) is 6.03. The first kappa shape index (κ1) is 12.0. The van der Waals surface area contributed by atoms with Crippen LogP contribution in [0, 0.1) is 0 Å². The fraction of sp³-hybridized carbons (Fsp3) is 0.538. The number of nitrogens with zero attached hydrogens (tertiary/aromatic N) is 3. The zero-order valence-electron chi connectivity index (χ0n) is 10.7. The number of carbonyl (C=O) groups is 1. The van der Waals surface area contributed by atoms with Crippen molar-refractivity contribution in [2.75, 3.05) is 31.6 Å². The Balaban J connectivity index is 2.14. The number of anilines is 1. The Morgan fingerprint density at radius 2 is 2.06 bits per heavy atom. The molecule has 1 amide bonds. The van der Waals surface area contributed by atoms with E-state index in [4.69, 9.17) is 0 Å². The zero-order chi connectivity index (χ0) is 12.4. The highest BCUT2D eigenvalue weighted by atomic mass is 16.2. The molecule has 0 saturated carbocycles. The highest BCUT2D eigenvalue weighted by molar-refractivity contribution is 5.94. The second kappa shape index (κ2) is 4.84. The maximum atomic E-state index is 11.9. The van der Waals surface area contributed by atoms with E-state index in [1.165, 1.54) is 5.56 Å². The molecule has 17 heavy (non-hydrogen) atoms. The third-order valence-corrected chi connectivity index (χ3v) is 3.13. The van der Waals surface area contributed by atoms with Crippen molar-refractivity contribution in [3.05, 3.63) is 23.9 Å². The van der Waals surface area contributed by atoms with Crippen molar-refractivity contribution in [2.24, 2.45) is 0 Å². The first-order chi connectivity index (χ1) is 8.08. The Morgan fingerprint density at radius 1 is 1.29 bits per heavy atom. The molecule has 92 valence electrons. The lowest BCUT2D eigenvalue weighted by molar-refractivity contribution is -0.120. The number of pyridine rings is 1. The minimum Gasteiger partial charge on any atom is -0.296 e. The number of aromatic nitrogens is 1. The maximum Gasteiger partial charge on any atom is 0.242 e. The predicted octanol–water partition coefficient (Wildman–Crippen LogP) is 1.48. The number of rotatable bonds is 2. The van der Waals surface area contributed by atoms with Gasteiger partial charge in [-0.1, -0.05) is 19.9 Å². The van der Waals surface area contributed by atoms with Crippen LogP contribution in [-0.4, -0.2) is 42.5 Å². The van der Waals surface area contributed by atoms with Crippen LogP contribution in [0.4, 0.5) is 5.82 Å². The second-order valence-corrected chi connectivity index (χ2v) is 4.89. The molecule has 0 bridgehead atoms. The van der Waals surface area contributed by atoms with E-state index in [1.807, 2.05) is 24.2 Å². The van der Waals surface area contributed by atoms with Crippen LogP contribution >= 0.6 is 0 Å². The third-order valence-electron chi connectivity index (χ3n) is 3.13. The Labute approximate surface area is 102 Å². The number of likely N-dealkylation sites (N-methyl/N-ethyl adjacent to an activating group) is 1. The van der Waals surface area contributed by atoms with Crippen molar-refractivity contribution in [2.45, 2.75) is 19.8 Å². The molecule has 0 N–H and O–H groups in total. The van der Waals surface area contributed by atoms with E-state index in [0.717, 1.165) is 18.9 Å². The topological polar surface area (TPSA) is 36.4 Å². The van der Waals surface area contributed by atoms with Gasteiger partial charge in [0.1, 0.15) is 5.82 Å². The number of hydrogen-bond acceptors (Lipinski definition) is 3. The minimum atomic E-state index is 0.128. The summed E-state index contributed by atoms with van der Waals surface area (Å²) >= 11 is 0. The molecule has 0 radical (unpaired) electrons. The van der Waals surface area contributed by atoms with Crippen LogP contribution in [0.3, 0.4) is 0 Å². The molecule has 1 aromatic heterocycles. The zero-order valence-corrected chi connectivity index (χ0v) is 10.7. The van der Waals surface area contributed by atoms with Gasteiger partial charge in [0.05, 0.1) is 6.54 Å². The van der Waals surface area contributed by atoms with E-state index in [-0.39, 0.29) is 5.91 Å². The monoisotopic (exact) mass is 233 g/mol. The van der Waals surface area contributed by atoms with E-state index in [2.05, 4.69) is 24.9 Å². The molecule has 2 rings (SSSR count). The van der Waals surface area contributed by atoms with Gasteiger partial charge >= 0.3 is 0 Å². The van der Waals surface area contributed by atoms with Crippen molar-refractivity contribution in [1.82, 2.24) is 9.88 Å². The normalized spacial score (nSPS) is 17.9. The molecular formula is C13H19N3O. The van der Waals surface area contributed by atoms with Gasteiger partial charge in [0.25, 0.3) is 0 Å². The van der Waals surface area contributed by atoms with Gasteiger partial charge in [0, 0.05) is 19.3 Å². The molecule has 0 aromatic carbocycles. The fourth-order valence-electron chi connectivity index (χ4n) is 1.93. The van der Waals surface area contributed by atoms with Crippen LogP contribution in [0.15, 0.2) is 18.3 Å². The summed E-state index contributed by atoms with van der Waals surface area (Å²) in [5.41, 5.74) is 1.20. The Morgan fingerprint density at radius 3 is 2.59 bits per heavy atom. The average Bonchev–Trinajstić information content (AvgIpc) is 2.29. The molecule has 1 aliphatic heterocycles. The molecule has 0 atom stereocenters. The summed E-state index contributed by atoms with van der Waals surface area (Å²) in [6, 6.07) is 4.00. The quantitative estimate of drug-likeness (QED) is 0.776. The van der Waals surface area contributed by atoms with Gasteiger partial charge in [0.2, 0.25) is 5.91 Å². The first-order valence-corrected chi connectivity index (χ1v) is 6.03. The number of carbonyl (C=O) groups excluding carboxylic acids is 1. The highest BCUT2D eigenvalue weighted by Crippen LogP contribution is 2.18. The van der Waals surface area contributed by atoms with Gasteiger partial charge < -0.3 is 0 Å². The predicted molar refractivity (Wildman–Crippen MR) is 68.2 cm³/mol. The van der Waals surface area contributed by atoms with Gasteiger partial charge in [0.15, 0.2) is 0 Å². The summed E-state index contributed by atoms with van der Waals surface area (Å²) in [6.07, 6.45) is 1.87. The molecule has 1 fully saturated rings. The van der Waals surface area contributed by atoms with Gasteiger partial charge in [-0.15, -0.1) is 0 Å². The van der Waals surface area contributed by atoms with Crippen molar-refractivity contribution in [3.8, 4) is 0 Å². The van der Waals surface area contributed by atoms with Crippen LogP contribution < -0.4 is 4.90 Å². The van der Waals surface area contributed by atoms with Crippen LogP contribution in [0.25, 0.3) is 0 Å². The number of amides is 1. The van der Waals surface area contributed by atoms with Crippen LogP contribution in [0.1, 0.15) is 25.3 Å². The number of hydrogen-bond donors (Lipinski definition) is 0. The van der Waals surface area contributed by atoms with E-state index < -0.39 is 0 Å². The van der Waals surface area contributed by atoms with E-state index in [0.29, 0.717) is 12.5 Å². The smallest absolute Gasteiger partial charge is 0.242 e. The molecule has 0 aliphatic carbocycles. The molecule has 1 aliphatic rings. The summed E-state index contributed by atoms with van der Waals surface area (Å²) in [5.74, 6) is 1.37. The third kappa shape index (κ3) is 2.64. The SMILES string of the molecule is CC(C)c1ccc(N2CCN(C)CC2=O)nc1. The summed E-state index contributed by atoms with van der Waals surface area (Å²) in [4.78, 5) is 20.1. The lowest BCUT2D eigenvalue weighted by Crippen LogP contribution is -2.49. The molecule has 4 nitrogen and oxygen atoms in total. The Bertz CT molecular complexity index is 400. The van der Waals surface area contributed by atoms with E-state index in [9.17, 15) is 4.79 Å². The van der Waals surface area contributed by atoms with E-state index >= 15 is 0 Å². The maximum absolute atomic E-state index is 11.9. The van der Waals surface area contributed by atoms with Crippen molar-refractivity contribution < 1.29 is 4.79 Å². The standard InChI is InChI=1S/C13H19N3O/c1-10(2)11-4-5-12(14-8-11)16-7-6-15(3)9-13(16)17/h4-5,8,10H,6-7,9H2,1-3H3. The van der Waals surface area contributed by atoms with Crippen LogP contribution in [-0.2, 0) is 4.79 Å². The van der Waals surface area contributed by atoms with Crippen molar-refractivity contribution in [1.29, 1.82) is 0 Å². The van der Waals surface area contributed by atoms with Gasteiger partial charge in [-0.2, -0.15) is 0 Å². The molecular weight excluding hydrogens is 214 g/mol. The lowest BCUT2D eigenvalue weighted by atomic mass is 10.1. The summed E-state index contributed by atoms with van der Waals surface area (Å²) in [6.45, 7) is 6.38.